The normalized spacial score (nSPS) is 15.6. The Balaban J connectivity index is 1.88. The number of nitrogens with zero attached hydrogens (tertiary/aromatic N) is 4. The third-order valence-electron chi connectivity index (χ3n) is 5.02. The Morgan fingerprint density at radius 2 is 1.96 bits per heavy atom. The topological polar surface area (TPSA) is 49.3 Å². The van der Waals surface area contributed by atoms with Gasteiger partial charge in [-0.25, -0.2) is 14.4 Å². The van der Waals surface area contributed by atoms with Gasteiger partial charge in [0.1, 0.15) is 22.8 Å². The van der Waals surface area contributed by atoms with Gasteiger partial charge in [0.15, 0.2) is 0 Å². The first-order valence-electron chi connectivity index (χ1n) is 9.67. The summed E-state index contributed by atoms with van der Waals surface area (Å²) < 4.78 is 13.7. The molecule has 2 heterocycles. The van der Waals surface area contributed by atoms with E-state index in [1.54, 1.807) is 24.0 Å². The van der Waals surface area contributed by atoms with Crippen LogP contribution in [-0.2, 0) is 17.6 Å². The lowest BCUT2D eigenvalue weighted by atomic mass is 10.0. The van der Waals surface area contributed by atoms with Crippen molar-refractivity contribution < 1.29 is 9.18 Å². The lowest BCUT2D eigenvalue weighted by molar-refractivity contribution is -0.130. The van der Waals surface area contributed by atoms with Crippen LogP contribution in [0.25, 0.3) is 0 Å². The number of amides is 1. The monoisotopic (exact) mass is 404 g/mol. The van der Waals surface area contributed by atoms with Crippen molar-refractivity contribution in [1.82, 2.24) is 14.9 Å². The third-order valence-corrected chi connectivity index (χ3v) is 5.21. The predicted octanol–water partition coefficient (Wildman–Crippen LogP) is 3.35. The van der Waals surface area contributed by atoms with Gasteiger partial charge >= 0.3 is 0 Å². The molecule has 1 aromatic heterocycles. The average molecular weight is 405 g/mol. The van der Waals surface area contributed by atoms with E-state index in [2.05, 4.69) is 16.8 Å². The van der Waals surface area contributed by atoms with E-state index in [1.807, 2.05) is 13.0 Å². The molecule has 0 N–H and O–H groups in total. The van der Waals surface area contributed by atoms with Crippen molar-refractivity contribution in [3.8, 4) is 0 Å². The zero-order chi connectivity index (χ0) is 20.3. The van der Waals surface area contributed by atoms with E-state index in [1.165, 1.54) is 6.07 Å². The SMILES string of the molecule is CCc1nc(C)nc(N2CCN(C(=O)C(C)Cl)CC2)c1Cc1cccc(F)c1. The molecule has 1 aliphatic rings. The minimum Gasteiger partial charge on any atom is -0.353 e. The lowest BCUT2D eigenvalue weighted by Gasteiger charge is -2.37. The van der Waals surface area contributed by atoms with E-state index in [0.717, 1.165) is 34.9 Å². The summed E-state index contributed by atoms with van der Waals surface area (Å²) in [6.45, 7) is 8.26. The van der Waals surface area contributed by atoms with Crippen molar-refractivity contribution in [2.45, 2.75) is 39.0 Å². The van der Waals surface area contributed by atoms with Crippen molar-refractivity contribution in [2.75, 3.05) is 31.1 Å². The van der Waals surface area contributed by atoms with E-state index < -0.39 is 5.38 Å². The van der Waals surface area contributed by atoms with Crippen LogP contribution in [0.15, 0.2) is 24.3 Å². The number of hydrogen-bond acceptors (Lipinski definition) is 4. The Kier molecular flexibility index (Phi) is 6.50. The Morgan fingerprint density at radius 3 is 2.57 bits per heavy atom. The quantitative estimate of drug-likeness (QED) is 0.717. The molecule has 5 nitrogen and oxygen atoms in total. The second kappa shape index (κ2) is 8.86. The largest absolute Gasteiger partial charge is 0.353 e. The summed E-state index contributed by atoms with van der Waals surface area (Å²) >= 11 is 5.95. The van der Waals surface area contributed by atoms with Crippen LogP contribution in [-0.4, -0.2) is 52.3 Å². The maximum Gasteiger partial charge on any atom is 0.240 e. The molecule has 0 spiro atoms. The second-order valence-electron chi connectivity index (χ2n) is 7.11. The van der Waals surface area contributed by atoms with Crippen LogP contribution in [0.2, 0.25) is 0 Å². The lowest BCUT2D eigenvalue weighted by Crippen LogP contribution is -2.51. The van der Waals surface area contributed by atoms with E-state index in [0.29, 0.717) is 32.6 Å². The van der Waals surface area contributed by atoms with E-state index in [-0.39, 0.29) is 11.7 Å². The van der Waals surface area contributed by atoms with Crippen LogP contribution in [0, 0.1) is 12.7 Å². The molecule has 0 bridgehead atoms. The van der Waals surface area contributed by atoms with Crippen molar-refractivity contribution in [1.29, 1.82) is 0 Å². The smallest absolute Gasteiger partial charge is 0.240 e. The van der Waals surface area contributed by atoms with Crippen LogP contribution in [0.4, 0.5) is 10.2 Å². The highest BCUT2D eigenvalue weighted by Crippen LogP contribution is 2.26. The van der Waals surface area contributed by atoms with Crippen molar-refractivity contribution >= 4 is 23.3 Å². The number of halogens is 2. The molecule has 2 aromatic rings. The van der Waals surface area contributed by atoms with Crippen molar-refractivity contribution in [3.63, 3.8) is 0 Å². The number of aryl methyl sites for hydroxylation is 2. The van der Waals surface area contributed by atoms with Gasteiger partial charge in [-0.3, -0.25) is 4.79 Å². The molecule has 1 atom stereocenters. The number of carbonyl (C=O) groups is 1. The number of rotatable bonds is 5. The maximum atomic E-state index is 13.7. The number of aromatic nitrogens is 2. The number of anilines is 1. The van der Waals surface area contributed by atoms with Gasteiger partial charge in [0, 0.05) is 43.9 Å². The number of carbonyl (C=O) groups excluding carboxylic acids is 1. The maximum absolute atomic E-state index is 13.7. The predicted molar refractivity (Wildman–Crippen MR) is 109 cm³/mol. The minimum atomic E-state index is -0.511. The van der Waals surface area contributed by atoms with Crippen LogP contribution in [0.1, 0.15) is 36.5 Å². The molecule has 0 saturated carbocycles. The van der Waals surface area contributed by atoms with Crippen LogP contribution < -0.4 is 4.90 Å². The summed E-state index contributed by atoms with van der Waals surface area (Å²) in [6, 6.07) is 6.65. The van der Waals surface area contributed by atoms with E-state index >= 15 is 0 Å². The van der Waals surface area contributed by atoms with E-state index in [4.69, 9.17) is 16.6 Å². The number of piperazine rings is 1. The fraction of sp³-hybridized carbons (Fsp3) is 0.476. The van der Waals surface area contributed by atoms with Gasteiger partial charge in [0.05, 0.1) is 0 Å². The van der Waals surface area contributed by atoms with Crippen molar-refractivity contribution in [3.05, 3.63) is 52.7 Å². The third kappa shape index (κ3) is 4.61. The Bertz CT molecular complexity index is 850. The molecule has 1 unspecified atom stereocenters. The zero-order valence-electron chi connectivity index (χ0n) is 16.6. The summed E-state index contributed by atoms with van der Waals surface area (Å²) in [4.78, 5) is 25.5. The highest BCUT2D eigenvalue weighted by molar-refractivity contribution is 6.30. The Hall–Kier alpha value is -2.21. The Morgan fingerprint density at radius 1 is 1.25 bits per heavy atom. The first kappa shape index (κ1) is 20.5. The van der Waals surface area contributed by atoms with Crippen molar-refractivity contribution in [2.24, 2.45) is 0 Å². The van der Waals surface area contributed by atoms with Crippen LogP contribution >= 0.6 is 11.6 Å². The van der Waals surface area contributed by atoms with Gasteiger partial charge in [-0.05, 0) is 38.0 Å². The van der Waals surface area contributed by atoms with Gasteiger partial charge in [-0.15, -0.1) is 11.6 Å². The molecule has 3 rings (SSSR count). The Labute approximate surface area is 170 Å². The average Bonchev–Trinajstić information content (AvgIpc) is 2.68. The highest BCUT2D eigenvalue weighted by Gasteiger charge is 2.26. The number of benzene rings is 1. The van der Waals surface area contributed by atoms with E-state index in [9.17, 15) is 9.18 Å². The molecule has 1 aliphatic heterocycles. The minimum absolute atomic E-state index is 0.0329. The summed E-state index contributed by atoms with van der Waals surface area (Å²) in [6.07, 6.45) is 1.36. The molecule has 0 radical (unpaired) electrons. The molecule has 1 aromatic carbocycles. The first-order chi connectivity index (χ1) is 13.4. The number of alkyl halides is 1. The summed E-state index contributed by atoms with van der Waals surface area (Å²) in [5, 5.41) is -0.511. The molecule has 1 amide bonds. The fourth-order valence-electron chi connectivity index (χ4n) is 3.61. The molecule has 150 valence electrons. The molecular weight excluding hydrogens is 379 g/mol. The summed E-state index contributed by atoms with van der Waals surface area (Å²) in [5.74, 6) is 1.34. The van der Waals surface area contributed by atoms with Gasteiger partial charge in [0.25, 0.3) is 0 Å². The zero-order valence-corrected chi connectivity index (χ0v) is 17.3. The van der Waals surface area contributed by atoms with Gasteiger partial charge in [0.2, 0.25) is 5.91 Å². The molecule has 28 heavy (non-hydrogen) atoms. The van der Waals surface area contributed by atoms with Gasteiger partial charge < -0.3 is 9.80 Å². The molecular formula is C21H26ClFN4O. The standard InChI is InChI=1S/C21H26ClFN4O/c1-4-19-18(13-16-6-5-7-17(23)12-16)20(25-15(3)24-19)26-8-10-27(11-9-26)21(28)14(2)22/h5-7,12,14H,4,8-11,13H2,1-3H3. The fourth-order valence-corrected chi connectivity index (χ4v) is 3.75. The number of hydrogen-bond donors (Lipinski definition) is 0. The summed E-state index contributed by atoms with van der Waals surface area (Å²) in [7, 11) is 0. The second-order valence-corrected chi connectivity index (χ2v) is 7.76. The molecule has 7 heteroatoms. The van der Waals surface area contributed by atoms with Crippen LogP contribution in [0.5, 0.6) is 0 Å². The van der Waals surface area contributed by atoms with Gasteiger partial charge in [-0.1, -0.05) is 19.1 Å². The first-order valence-corrected chi connectivity index (χ1v) is 10.1. The highest BCUT2D eigenvalue weighted by atomic mass is 35.5. The molecule has 1 saturated heterocycles. The van der Waals surface area contributed by atoms with Gasteiger partial charge in [-0.2, -0.15) is 0 Å². The van der Waals surface area contributed by atoms with Crippen LogP contribution in [0.3, 0.4) is 0 Å². The summed E-state index contributed by atoms with van der Waals surface area (Å²) in [5.41, 5.74) is 2.91. The molecule has 1 fully saturated rings. The molecule has 0 aliphatic carbocycles.